The number of imide groups is 1. The smallest absolute Gasteiger partial charge is 0.261 e. The molecule has 9 heteroatoms. The first kappa shape index (κ1) is 18.6. The zero-order chi connectivity index (χ0) is 19.6. The molecule has 3 amide bonds. The molecule has 1 fully saturated rings. The van der Waals surface area contributed by atoms with Crippen LogP contribution in [-0.2, 0) is 24.4 Å². The zero-order valence-corrected chi connectivity index (χ0v) is 15.2. The molecule has 3 rings (SSSR count). The third-order valence-electron chi connectivity index (χ3n) is 3.89. The summed E-state index contributed by atoms with van der Waals surface area (Å²) in [5.74, 6) is -0.872. The molecule has 0 saturated carbocycles. The minimum Gasteiger partial charge on any atom is -0.326 e. The molecule has 0 aromatic heterocycles. The first-order valence-electron chi connectivity index (χ1n) is 8.12. The molecule has 0 aliphatic carbocycles. The van der Waals surface area contributed by atoms with Crippen LogP contribution in [0.4, 0.5) is 17.1 Å². The number of carbonyl (C=O) groups is 3. The van der Waals surface area contributed by atoms with E-state index in [0.717, 1.165) is 4.90 Å². The van der Waals surface area contributed by atoms with Crippen LogP contribution in [0.25, 0.3) is 0 Å². The maximum absolute atomic E-state index is 12.6. The van der Waals surface area contributed by atoms with Gasteiger partial charge in [0.05, 0.1) is 16.3 Å². The van der Waals surface area contributed by atoms with Crippen LogP contribution < -0.4 is 14.9 Å². The van der Waals surface area contributed by atoms with Gasteiger partial charge in [-0.3, -0.25) is 24.0 Å². The molecule has 2 aromatic rings. The molecule has 2 aromatic carbocycles. The van der Waals surface area contributed by atoms with Crippen molar-refractivity contribution in [3.05, 3.63) is 48.5 Å². The highest BCUT2D eigenvalue weighted by molar-refractivity contribution is 7.92. The van der Waals surface area contributed by atoms with Gasteiger partial charge in [0.15, 0.2) is 0 Å². The molecule has 0 bridgehead atoms. The van der Waals surface area contributed by atoms with Crippen LogP contribution in [0.1, 0.15) is 19.8 Å². The van der Waals surface area contributed by atoms with Crippen molar-refractivity contribution in [3.8, 4) is 0 Å². The Hall–Kier alpha value is -3.20. The molecule has 1 saturated heterocycles. The lowest BCUT2D eigenvalue weighted by Gasteiger charge is -2.14. The highest BCUT2D eigenvalue weighted by atomic mass is 32.2. The highest BCUT2D eigenvalue weighted by Gasteiger charge is 2.30. The van der Waals surface area contributed by atoms with E-state index in [-0.39, 0.29) is 41.1 Å². The number of hydrogen-bond donors (Lipinski definition) is 2. The van der Waals surface area contributed by atoms with E-state index >= 15 is 0 Å². The van der Waals surface area contributed by atoms with Gasteiger partial charge in [-0.15, -0.1) is 0 Å². The van der Waals surface area contributed by atoms with Gasteiger partial charge in [0.1, 0.15) is 0 Å². The number of hydrogen-bond acceptors (Lipinski definition) is 5. The topological polar surface area (TPSA) is 113 Å². The molecule has 0 atom stereocenters. The van der Waals surface area contributed by atoms with Gasteiger partial charge in [0.2, 0.25) is 17.7 Å². The maximum Gasteiger partial charge on any atom is 0.261 e. The zero-order valence-electron chi connectivity index (χ0n) is 14.4. The lowest BCUT2D eigenvalue weighted by atomic mass is 10.3. The van der Waals surface area contributed by atoms with E-state index in [9.17, 15) is 22.8 Å². The van der Waals surface area contributed by atoms with Crippen LogP contribution in [0.3, 0.4) is 0 Å². The number of sulfonamides is 1. The quantitative estimate of drug-likeness (QED) is 0.763. The molecule has 8 nitrogen and oxygen atoms in total. The minimum atomic E-state index is -3.88. The average molecular weight is 387 g/mol. The Morgan fingerprint density at radius 1 is 0.963 bits per heavy atom. The number of rotatable bonds is 5. The van der Waals surface area contributed by atoms with Gasteiger partial charge in [-0.05, 0) is 42.5 Å². The summed E-state index contributed by atoms with van der Waals surface area (Å²) >= 11 is 0. The Morgan fingerprint density at radius 2 is 1.56 bits per heavy atom. The van der Waals surface area contributed by atoms with Crippen molar-refractivity contribution in [1.29, 1.82) is 0 Å². The standard InChI is InChI=1S/C18H17N3O5S/c1-12(22)19-13-3-2-4-14(11-13)20-27(25,26)16-7-5-15(6-8-16)21-17(23)9-10-18(21)24/h2-8,11,20H,9-10H2,1H3,(H,19,22). The van der Waals surface area contributed by atoms with E-state index in [1.165, 1.54) is 37.3 Å². The molecule has 0 unspecified atom stereocenters. The first-order chi connectivity index (χ1) is 12.8. The SMILES string of the molecule is CC(=O)Nc1cccc(NS(=O)(=O)c2ccc(N3C(=O)CCC3=O)cc2)c1. The third-order valence-corrected chi connectivity index (χ3v) is 5.29. The summed E-state index contributed by atoms with van der Waals surface area (Å²) in [6.07, 6.45) is 0.316. The van der Waals surface area contributed by atoms with Crippen molar-refractivity contribution in [3.63, 3.8) is 0 Å². The summed E-state index contributed by atoms with van der Waals surface area (Å²) in [6, 6.07) is 11.8. The summed E-state index contributed by atoms with van der Waals surface area (Å²) < 4.78 is 27.5. The van der Waals surface area contributed by atoms with Crippen molar-refractivity contribution in [2.24, 2.45) is 0 Å². The first-order valence-corrected chi connectivity index (χ1v) is 9.61. The number of anilines is 3. The number of carbonyl (C=O) groups excluding carboxylic acids is 3. The van der Waals surface area contributed by atoms with Gasteiger partial charge in [-0.25, -0.2) is 8.42 Å². The van der Waals surface area contributed by atoms with Gasteiger partial charge >= 0.3 is 0 Å². The summed E-state index contributed by atoms with van der Waals surface area (Å²) in [4.78, 5) is 35.7. The van der Waals surface area contributed by atoms with Gasteiger partial charge in [0.25, 0.3) is 10.0 Å². The molecule has 140 valence electrons. The van der Waals surface area contributed by atoms with E-state index in [1.54, 1.807) is 18.2 Å². The van der Waals surface area contributed by atoms with E-state index in [0.29, 0.717) is 11.4 Å². The van der Waals surface area contributed by atoms with Gasteiger partial charge in [-0.2, -0.15) is 0 Å². The van der Waals surface area contributed by atoms with Crippen molar-refractivity contribution >= 4 is 44.8 Å². The second kappa shape index (κ2) is 7.20. The fraction of sp³-hybridized carbons (Fsp3) is 0.167. The van der Waals surface area contributed by atoms with Crippen molar-refractivity contribution in [1.82, 2.24) is 0 Å². The molecular formula is C18H17N3O5S. The largest absolute Gasteiger partial charge is 0.326 e. The van der Waals surface area contributed by atoms with E-state index in [2.05, 4.69) is 10.0 Å². The maximum atomic E-state index is 12.6. The summed E-state index contributed by atoms with van der Waals surface area (Å²) in [5, 5.41) is 2.57. The van der Waals surface area contributed by atoms with Gasteiger partial charge < -0.3 is 5.32 Å². The number of nitrogens with zero attached hydrogens (tertiary/aromatic N) is 1. The monoisotopic (exact) mass is 387 g/mol. The van der Waals surface area contributed by atoms with Crippen molar-refractivity contribution < 1.29 is 22.8 Å². The van der Waals surface area contributed by atoms with Crippen molar-refractivity contribution in [2.45, 2.75) is 24.7 Å². The van der Waals surface area contributed by atoms with Crippen LogP contribution in [-0.4, -0.2) is 26.1 Å². The number of nitrogens with one attached hydrogen (secondary N) is 2. The second-order valence-electron chi connectivity index (χ2n) is 5.98. The van der Waals surface area contributed by atoms with Gasteiger partial charge in [0, 0.05) is 25.5 Å². The van der Waals surface area contributed by atoms with E-state index in [4.69, 9.17) is 0 Å². The Bertz CT molecular complexity index is 1000. The lowest BCUT2D eigenvalue weighted by Crippen LogP contribution is -2.28. The van der Waals surface area contributed by atoms with Crippen LogP contribution in [0, 0.1) is 0 Å². The summed E-state index contributed by atoms with van der Waals surface area (Å²) in [7, 11) is -3.88. The minimum absolute atomic E-state index is 0.0183. The summed E-state index contributed by atoms with van der Waals surface area (Å²) in [5.41, 5.74) is 1.09. The predicted octanol–water partition coefficient (Wildman–Crippen LogP) is 2.10. The van der Waals surface area contributed by atoms with Crippen LogP contribution >= 0.6 is 0 Å². The molecular weight excluding hydrogens is 370 g/mol. The molecule has 1 aliphatic heterocycles. The predicted molar refractivity (Wildman–Crippen MR) is 99.7 cm³/mol. The molecule has 0 radical (unpaired) electrons. The van der Waals surface area contributed by atoms with Crippen molar-refractivity contribution in [2.75, 3.05) is 14.9 Å². The normalized spacial score (nSPS) is 14.3. The van der Waals surface area contributed by atoms with Gasteiger partial charge in [-0.1, -0.05) is 6.07 Å². The molecule has 1 heterocycles. The number of amides is 3. The van der Waals surface area contributed by atoms with E-state index < -0.39 is 10.0 Å². The molecule has 1 aliphatic rings. The fourth-order valence-electron chi connectivity index (χ4n) is 2.72. The Kier molecular flexibility index (Phi) is 4.95. The molecule has 27 heavy (non-hydrogen) atoms. The second-order valence-corrected chi connectivity index (χ2v) is 7.67. The van der Waals surface area contributed by atoms with Crippen LogP contribution in [0.5, 0.6) is 0 Å². The third kappa shape index (κ3) is 4.14. The highest BCUT2D eigenvalue weighted by Crippen LogP contribution is 2.25. The Balaban J connectivity index is 1.80. The Morgan fingerprint density at radius 3 is 2.15 bits per heavy atom. The number of benzene rings is 2. The molecule has 2 N–H and O–H groups in total. The average Bonchev–Trinajstić information content (AvgIpc) is 2.93. The van der Waals surface area contributed by atoms with Crippen LogP contribution in [0.2, 0.25) is 0 Å². The summed E-state index contributed by atoms with van der Waals surface area (Å²) in [6.45, 7) is 1.36. The van der Waals surface area contributed by atoms with E-state index in [1.807, 2.05) is 0 Å². The lowest BCUT2D eigenvalue weighted by molar-refractivity contribution is -0.121. The van der Waals surface area contributed by atoms with Crippen LogP contribution in [0.15, 0.2) is 53.4 Å². The molecule has 0 spiro atoms. The Labute approximate surface area is 156 Å². The fourth-order valence-corrected chi connectivity index (χ4v) is 3.77.